The Kier molecular flexibility index (Phi) is 5.82. The number of ether oxygens (including phenoxy) is 1. The van der Waals surface area contributed by atoms with E-state index in [4.69, 9.17) is 10.5 Å². The molecule has 4 heteroatoms. The summed E-state index contributed by atoms with van der Waals surface area (Å²) in [6.07, 6.45) is 0. The van der Waals surface area contributed by atoms with Gasteiger partial charge in [-0.1, -0.05) is 26.0 Å². The van der Waals surface area contributed by atoms with Gasteiger partial charge in [0.15, 0.2) is 0 Å². The molecule has 1 atom stereocenters. The summed E-state index contributed by atoms with van der Waals surface area (Å²) in [7, 11) is 0. The predicted molar refractivity (Wildman–Crippen MR) is 73.2 cm³/mol. The molecule has 1 rings (SSSR count). The summed E-state index contributed by atoms with van der Waals surface area (Å²) in [6, 6.07) is 7.13. The van der Waals surface area contributed by atoms with Crippen molar-refractivity contribution in [3.8, 4) is 0 Å². The lowest BCUT2D eigenvalue weighted by Crippen LogP contribution is -2.39. The van der Waals surface area contributed by atoms with E-state index in [0.29, 0.717) is 13.2 Å². The van der Waals surface area contributed by atoms with Crippen LogP contribution in [0.3, 0.4) is 0 Å². The number of anilines is 1. The molecule has 0 radical (unpaired) electrons. The highest BCUT2D eigenvalue weighted by Crippen LogP contribution is 2.12. The molecular formula is C14H22N2O2. The molecular weight excluding hydrogens is 228 g/mol. The zero-order valence-corrected chi connectivity index (χ0v) is 11.3. The van der Waals surface area contributed by atoms with Gasteiger partial charge in [0, 0.05) is 12.3 Å². The number of nitrogens with two attached hydrogens (primary N) is 1. The molecule has 0 heterocycles. The van der Waals surface area contributed by atoms with Gasteiger partial charge in [-0.2, -0.15) is 0 Å². The average molecular weight is 250 g/mol. The van der Waals surface area contributed by atoms with Crippen molar-refractivity contribution in [3.05, 3.63) is 29.8 Å². The van der Waals surface area contributed by atoms with Crippen molar-refractivity contribution in [1.29, 1.82) is 0 Å². The largest absolute Gasteiger partial charge is 0.377 e. The molecule has 1 aromatic rings. The van der Waals surface area contributed by atoms with Crippen LogP contribution in [-0.4, -0.2) is 18.6 Å². The van der Waals surface area contributed by atoms with E-state index < -0.39 is 6.04 Å². The molecule has 4 nitrogen and oxygen atoms in total. The van der Waals surface area contributed by atoms with Gasteiger partial charge in [-0.15, -0.1) is 0 Å². The minimum absolute atomic E-state index is 0.122. The van der Waals surface area contributed by atoms with Crippen LogP contribution in [0.4, 0.5) is 5.69 Å². The lowest BCUT2D eigenvalue weighted by molar-refractivity contribution is -0.118. The van der Waals surface area contributed by atoms with Gasteiger partial charge in [0.1, 0.15) is 0 Å². The number of benzene rings is 1. The quantitative estimate of drug-likeness (QED) is 0.813. The molecule has 0 aliphatic carbocycles. The molecule has 1 aromatic carbocycles. The molecule has 0 fully saturated rings. The standard InChI is InChI=1S/C14H22N2O2/c1-4-18-9-11-6-5-7-12(8-11)16-14(17)13(15)10(2)3/h5-8,10,13H,4,9,15H2,1-3H3,(H,16,17)/t13-/m0/s1. The molecule has 0 bridgehead atoms. The third-order valence-electron chi connectivity index (χ3n) is 2.69. The molecule has 100 valence electrons. The number of rotatable bonds is 6. The number of amides is 1. The van der Waals surface area contributed by atoms with Gasteiger partial charge in [-0.05, 0) is 30.5 Å². The first-order valence-corrected chi connectivity index (χ1v) is 6.27. The Balaban J connectivity index is 2.64. The highest BCUT2D eigenvalue weighted by molar-refractivity contribution is 5.94. The lowest BCUT2D eigenvalue weighted by atomic mass is 10.0. The lowest BCUT2D eigenvalue weighted by Gasteiger charge is -2.15. The highest BCUT2D eigenvalue weighted by atomic mass is 16.5. The van der Waals surface area contributed by atoms with Crippen molar-refractivity contribution in [2.24, 2.45) is 11.7 Å². The number of carbonyl (C=O) groups is 1. The third-order valence-corrected chi connectivity index (χ3v) is 2.69. The van der Waals surface area contributed by atoms with Crippen LogP contribution in [0.5, 0.6) is 0 Å². The van der Waals surface area contributed by atoms with Gasteiger partial charge >= 0.3 is 0 Å². The van der Waals surface area contributed by atoms with Crippen LogP contribution in [0.1, 0.15) is 26.3 Å². The predicted octanol–water partition coefficient (Wildman–Crippen LogP) is 2.14. The summed E-state index contributed by atoms with van der Waals surface area (Å²) in [5.41, 5.74) is 7.58. The molecule has 1 amide bonds. The van der Waals surface area contributed by atoms with E-state index in [9.17, 15) is 4.79 Å². The molecule has 0 aliphatic heterocycles. The van der Waals surface area contributed by atoms with Crippen molar-refractivity contribution in [1.82, 2.24) is 0 Å². The van der Waals surface area contributed by atoms with Gasteiger partial charge in [0.25, 0.3) is 0 Å². The summed E-state index contributed by atoms with van der Waals surface area (Å²) < 4.78 is 5.33. The maximum Gasteiger partial charge on any atom is 0.241 e. The van der Waals surface area contributed by atoms with Crippen molar-refractivity contribution in [3.63, 3.8) is 0 Å². The van der Waals surface area contributed by atoms with E-state index in [0.717, 1.165) is 11.3 Å². The van der Waals surface area contributed by atoms with Crippen LogP contribution < -0.4 is 11.1 Å². The van der Waals surface area contributed by atoms with E-state index in [2.05, 4.69) is 5.32 Å². The van der Waals surface area contributed by atoms with Gasteiger partial charge in [0.2, 0.25) is 5.91 Å². The summed E-state index contributed by atoms with van der Waals surface area (Å²) in [5.74, 6) is -0.0323. The second kappa shape index (κ2) is 7.13. The van der Waals surface area contributed by atoms with Gasteiger partial charge in [-0.3, -0.25) is 4.79 Å². The SMILES string of the molecule is CCOCc1cccc(NC(=O)[C@@H](N)C(C)C)c1. The second-order valence-corrected chi connectivity index (χ2v) is 4.60. The summed E-state index contributed by atoms with van der Waals surface area (Å²) in [5, 5.41) is 2.82. The maximum absolute atomic E-state index is 11.8. The second-order valence-electron chi connectivity index (χ2n) is 4.60. The number of hydrogen-bond acceptors (Lipinski definition) is 3. The Bertz CT molecular complexity index is 391. The Morgan fingerprint density at radius 2 is 2.17 bits per heavy atom. The van der Waals surface area contributed by atoms with Crippen LogP contribution in [-0.2, 0) is 16.1 Å². The molecule has 18 heavy (non-hydrogen) atoms. The van der Waals surface area contributed by atoms with Crippen LogP contribution in [0, 0.1) is 5.92 Å². The first-order chi connectivity index (χ1) is 8.54. The van der Waals surface area contributed by atoms with Gasteiger partial charge in [-0.25, -0.2) is 0 Å². The Labute approximate surface area is 109 Å². The van der Waals surface area contributed by atoms with Crippen LogP contribution in [0.15, 0.2) is 24.3 Å². The van der Waals surface area contributed by atoms with E-state index in [1.165, 1.54) is 0 Å². The van der Waals surface area contributed by atoms with Crippen molar-refractivity contribution in [2.75, 3.05) is 11.9 Å². The van der Waals surface area contributed by atoms with E-state index in [-0.39, 0.29) is 11.8 Å². The number of nitrogens with one attached hydrogen (secondary N) is 1. The zero-order valence-electron chi connectivity index (χ0n) is 11.3. The fourth-order valence-electron chi connectivity index (χ4n) is 1.49. The first kappa shape index (κ1) is 14.7. The number of hydrogen-bond donors (Lipinski definition) is 2. The summed E-state index contributed by atoms with van der Waals surface area (Å²) in [6.45, 7) is 7.03. The fraction of sp³-hybridized carbons (Fsp3) is 0.500. The molecule has 0 aliphatic rings. The minimum atomic E-state index is -0.486. The highest BCUT2D eigenvalue weighted by Gasteiger charge is 2.17. The molecule has 0 aromatic heterocycles. The van der Waals surface area contributed by atoms with Gasteiger partial charge in [0.05, 0.1) is 12.6 Å². The van der Waals surface area contributed by atoms with Crippen molar-refractivity contribution >= 4 is 11.6 Å². The summed E-state index contributed by atoms with van der Waals surface area (Å²) >= 11 is 0. The Morgan fingerprint density at radius 3 is 2.78 bits per heavy atom. The maximum atomic E-state index is 11.8. The third kappa shape index (κ3) is 4.47. The average Bonchev–Trinajstić information content (AvgIpc) is 2.35. The Hall–Kier alpha value is -1.39. The normalized spacial score (nSPS) is 12.5. The fourth-order valence-corrected chi connectivity index (χ4v) is 1.49. The molecule has 0 spiro atoms. The van der Waals surface area contributed by atoms with Crippen LogP contribution in [0.2, 0.25) is 0 Å². The van der Waals surface area contributed by atoms with E-state index in [1.807, 2.05) is 45.0 Å². The first-order valence-electron chi connectivity index (χ1n) is 6.27. The molecule has 0 saturated heterocycles. The van der Waals surface area contributed by atoms with Gasteiger partial charge < -0.3 is 15.8 Å². The van der Waals surface area contributed by atoms with Crippen molar-refractivity contribution in [2.45, 2.75) is 33.4 Å². The molecule has 3 N–H and O–H groups in total. The van der Waals surface area contributed by atoms with Crippen LogP contribution >= 0.6 is 0 Å². The minimum Gasteiger partial charge on any atom is -0.377 e. The van der Waals surface area contributed by atoms with Crippen LogP contribution in [0.25, 0.3) is 0 Å². The molecule has 0 saturated carbocycles. The Morgan fingerprint density at radius 1 is 1.44 bits per heavy atom. The smallest absolute Gasteiger partial charge is 0.241 e. The summed E-state index contributed by atoms with van der Waals surface area (Å²) in [4.78, 5) is 11.8. The molecule has 0 unspecified atom stereocenters. The van der Waals surface area contributed by atoms with E-state index >= 15 is 0 Å². The van der Waals surface area contributed by atoms with Crippen molar-refractivity contribution < 1.29 is 9.53 Å². The topological polar surface area (TPSA) is 64.3 Å². The zero-order chi connectivity index (χ0) is 13.5. The van der Waals surface area contributed by atoms with E-state index in [1.54, 1.807) is 0 Å². The number of carbonyl (C=O) groups excluding carboxylic acids is 1. The monoisotopic (exact) mass is 250 g/mol.